The van der Waals surface area contributed by atoms with Crippen LogP contribution in [0, 0.1) is 6.92 Å². The van der Waals surface area contributed by atoms with E-state index in [1.165, 1.54) is 4.57 Å². The molecule has 0 aliphatic carbocycles. The number of ether oxygens (including phenoxy) is 4. The van der Waals surface area contributed by atoms with Crippen molar-refractivity contribution in [3.63, 3.8) is 0 Å². The summed E-state index contributed by atoms with van der Waals surface area (Å²) >= 11 is 0. The number of aromatic amines is 1. The van der Waals surface area contributed by atoms with Crippen LogP contribution in [0.3, 0.4) is 0 Å². The van der Waals surface area contributed by atoms with Crippen LogP contribution in [0.1, 0.15) is 55.7 Å². The molecule has 1 unspecified atom stereocenters. The van der Waals surface area contributed by atoms with Gasteiger partial charge in [-0.25, -0.2) is 4.79 Å². The second kappa shape index (κ2) is 13.6. The molecule has 1 saturated heterocycles. The Labute approximate surface area is 277 Å². The van der Waals surface area contributed by atoms with E-state index >= 15 is 0 Å². The fraction of sp³-hybridized carbons (Fsp3) is 0.405. The number of methoxy groups -OCH3 is 2. The average molecular weight is 659 g/mol. The normalized spacial score (nSPS) is 18.7. The molecule has 1 aliphatic heterocycles. The highest BCUT2D eigenvalue weighted by Crippen LogP contribution is 2.44. The smallest absolute Gasteiger partial charge is 0.330 e. The maximum atomic E-state index is 13.0. The van der Waals surface area contributed by atoms with E-state index in [0.29, 0.717) is 12.0 Å². The molecule has 3 atom stereocenters. The van der Waals surface area contributed by atoms with E-state index in [1.807, 2.05) is 66.7 Å². The Balaban J connectivity index is 1.60. The highest BCUT2D eigenvalue weighted by Gasteiger charge is 2.47. The maximum absolute atomic E-state index is 13.0. The molecule has 10 heteroatoms. The molecule has 1 fully saturated rings. The molecule has 4 aromatic rings. The first kappa shape index (κ1) is 34.4. The lowest BCUT2D eigenvalue weighted by molar-refractivity contribution is -0.0928. The minimum absolute atomic E-state index is 0.0537. The summed E-state index contributed by atoms with van der Waals surface area (Å²) in [5, 5.41) is -0.0537. The molecule has 9 nitrogen and oxygen atoms in total. The SMILES string of the molecule is COc1ccc(C(OC[C@H]2O[C@@H](n3cc(C)c(=O)[nH]c3=O)CC2O[Si](C)(C)C(C)(C)C)(c2ccccc2)c2ccc(OC)cc2)cc1. The van der Waals surface area contributed by atoms with Crippen LogP contribution in [-0.2, 0) is 19.5 Å². The Bertz CT molecular complexity index is 1710. The van der Waals surface area contributed by atoms with Crippen LogP contribution < -0.4 is 20.7 Å². The van der Waals surface area contributed by atoms with Gasteiger partial charge in [-0.2, -0.15) is 0 Å². The Kier molecular flexibility index (Phi) is 9.98. The second-order valence-electron chi connectivity index (χ2n) is 13.6. The number of nitrogens with one attached hydrogen (secondary N) is 1. The average Bonchev–Trinajstić information content (AvgIpc) is 3.45. The molecule has 5 rings (SSSR count). The van der Waals surface area contributed by atoms with Crippen molar-refractivity contribution in [3.05, 3.63) is 128 Å². The predicted molar refractivity (Wildman–Crippen MR) is 185 cm³/mol. The molecule has 0 radical (unpaired) electrons. The van der Waals surface area contributed by atoms with Crippen LogP contribution in [-0.4, -0.2) is 50.9 Å². The minimum Gasteiger partial charge on any atom is -0.497 e. The highest BCUT2D eigenvalue weighted by molar-refractivity contribution is 6.74. The van der Waals surface area contributed by atoms with Gasteiger partial charge in [-0.05, 0) is 66.0 Å². The van der Waals surface area contributed by atoms with Gasteiger partial charge >= 0.3 is 5.69 Å². The molecule has 250 valence electrons. The van der Waals surface area contributed by atoms with Crippen molar-refractivity contribution in [1.82, 2.24) is 9.55 Å². The van der Waals surface area contributed by atoms with E-state index in [2.05, 4.69) is 51.0 Å². The van der Waals surface area contributed by atoms with Crippen LogP contribution >= 0.6 is 0 Å². The third-order valence-corrected chi connectivity index (χ3v) is 14.0. The first-order valence-corrected chi connectivity index (χ1v) is 18.8. The number of rotatable bonds is 11. The topological polar surface area (TPSA) is 101 Å². The largest absolute Gasteiger partial charge is 0.497 e. The van der Waals surface area contributed by atoms with E-state index < -0.39 is 37.5 Å². The van der Waals surface area contributed by atoms with Gasteiger partial charge in [0.15, 0.2) is 8.32 Å². The number of hydrogen-bond acceptors (Lipinski definition) is 7. The summed E-state index contributed by atoms with van der Waals surface area (Å²) in [6, 6.07) is 25.8. The Hall–Kier alpha value is -3.96. The van der Waals surface area contributed by atoms with Crippen LogP contribution in [0.2, 0.25) is 18.1 Å². The van der Waals surface area contributed by atoms with Crippen molar-refractivity contribution in [1.29, 1.82) is 0 Å². The monoisotopic (exact) mass is 658 g/mol. The lowest BCUT2D eigenvalue weighted by Gasteiger charge is -2.40. The Morgan fingerprint density at radius 3 is 1.89 bits per heavy atom. The molecule has 0 amide bonds. The fourth-order valence-electron chi connectivity index (χ4n) is 5.78. The zero-order valence-corrected chi connectivity index (χ0v) is 29.5. The minimum atomic E-state index is -2.27. The van der Waals surface area contributed by atoms with E-state index in [4.69, 9.17) is 23.4 Å². The zero-order chi connectivity index (χ0) is 34.0. The number of benzene rings is 3. The van der Waals surface area contributed by atoms with Crippen molar-refractivity contribution in [3.8, 4) is 11.5 Å². The van der Waals surface area contributed by atoms with Crippen molar-refractivity contribution < 1.29 is 23.4 Å². The van der Waals surface area contributed by atoms with Crippen LogP contribution in [0.25, 0.3) is 0 Å². The Morgan fingerprint density at radius 2 is 1.38 bits per heavy atom. The number of aryl methyl sites for hydroxylation is 1. The molecule has 47 heavy (non-hydrogen) atoms. The highest BCUT2D eigenvalue weighted by atomic mass is 28.4. The zero-order valence-electron chi connectivity index (χ0n) is 28.5. The van der Waals surface area contributed by atoms with Crippen LogP contribution in [0.5, 0.6) is 11.5 Å². The van der Waals surface area contributed by atoms with Gasteiger partial charge in [0, 0.05) is 18.2 Å². The standard InChI is InChI=1S/C37H46N2O7Si/c1-25-23-39(35(41)38-34(25)40)33-22-31(46-47(7,8)36(2,3)4)32(45-33)24-44-37(26-12-10-9-11-13-26,27-14-18-29(42-5)19-15-27)28-16-20-30(43-6)21-17-28/h9-21,23,31-33H,22,24H2,1-8H3,(H,38,40,41)/t31?,32-,33-/m1/s1. The first-order chi connectivity index (χ1) is 22.3. The summed E-state index contributed by atoms with van der Waals surface area (Å²) in [4.78, 5) is 27.5. The van der Waals surface area contributed by atoms with Gasteiger partial charge < -0.3 is 23.4 Å². The van der Waals surface area contributed by atoms with Gasteiger partial charge in [-0.3, -0.25) is 14.3 Å². The Morgan fingerprint density at radius 1 is 0.851 bits per heavy atom. The van der Waals surface area contributed by atoms with Crippen molar-refractivity contribution in [2.24, 2.45) is 0 Å². The summed E-state index contributed by atoms with van der Waals surface area (Å²) in [5.74, 6) is 1.47. The summed E-state index contributed by atoms with van der Waals surface area (Å²) in [7, 11) is 1.02. The molecule has 0 saturated carbocycles. The molecular formula is C37H46N2O7Si. The molecule has 1 N–H and O–H groups in total. The molecular weight excluding hydrogens is 613 g/mol. The molecule has 1 aliphatic rings. The molecule has 1 aromatic heterocycles. The number of hydrogen-bond donors (Lipinski definition) is 1. The van der Waals surface area contributed by atoms with Gasteiger partial charge in [0.1, 0.15) is 29.4 Å². The molecule has 0 bridgehead atoms. The van der Waals surface area contributed by atoms with Crippen LogP contribution in [0.15, 0.2) is 94.6 Å². The van der Waals surface area contributed by atoms with Crippen molar-refractivity contribution >= 4 is 8.32 Å². The van der Waals surface area contributed by atoms with Gasteiger partial charge in [0.2, 0.25) is 0 Å². The first-order valence-electron chi connectivity index (χ1n) is 15.9. The fourth-order valence-corrected chi connectivity index (χ4v) is 7.14. The lowest BCUT2D eigenvalue weighted by Crippen LogP contribution is -2.47. The predicted octanol–water partition coefficient (Wildman–Crippen LogP) is 6.55. The van der Waals surface area contributed by atoms with Crippen LogP contribution in [0.4, 0.5) is 0 Å². The molecule has 0 spiro atoms. The quantitative estimate of drug-likeness (QED) is 0.144. The summed E-state index contributed by atoms with van der Waals surface area (Å²) in [5.41, 5.74) is 1.18. The molecule has 2 heterocycles. The summed E-state index contributed by atoms with van der Waals surface area (Å²) < 4.78 is 33.2. The van der Waals surface area contributed by atoms with Gasteiger partial charge in [-0.15, -0.1) is 0 Å². The van der Waals surface area contributed by atoms with Gasteiger partial charge in [0.25, 0.3) is 5.56 Å². The number of H-pyrrole nitrogens is 1. The van der Waals surface area contributed by atoms with E-state index in [-0.39, 0.29) is 17.7 Å². The number of nitrogens with zero attached hydrogens (tertiary/aromatic N) is 1. The number of aromatic nitrogens is 2. The van der Waals surface area contributed by atoms with E-state index in [9.17, 15) is 9.59 Å². The molecule has 3 aromatic carbocycles. The summed E-state index contributed by atoms with van der Waals surface area (Å²) in [6.07, 6.45) is 0.458. The van der Waals surface area contributed by atoms with Gasteiger partial charge in [0.05, 0.1) is 26.9 Å². The third-order valence-electron chi connectivity index (χ3n) is 9.53. The van der Waals surface area contributed by atoms with Gasteiger partial charge in [-0.1, -0.05) is 75.4 Å². The second-order valence-corrected chi connectivity index (χ2v) is 18.3. The maximum Gasteiger partial charge on any atom is 0.330 e. The summed E-state index contributed by atoms with van der Waals surface area (Å²) in [6.45, 7) is 12.8. The van der Waals surface area contributed by atoms with E-state index in [1.54, 1.807) is 27.3 Å². The van der Waals surface area contributed by atoms with E-state index in [0.717, 1.165) is 28.2 Å². The van der Waals surface area contributed by atoms with Crippen molar-refractivity contribution in [2.45, 2.75) is 76.3 Å². The lowest BCUT2D eigenvalue weighted by atomic mass is 9.80. The third kappa shape index (κ3) is 7.01. The van der Waals surface area contributed by atoms with Crippen molar-refractivity contribution in [2.75, 3.05) is 20.8 Å².